The van der Waals surface area contributed by atoms with Crippen molar-refractivity contribution in [3.05, 3.63) is 36.0 Å². The minimum atomic E-state index is -2.51. The zero-order valence-corrected chi connectivity index (χ0v) is 42.3. The van der Waals surface area contributed by atoms with Gasteiger partial charge < -0.3 is 43.5 Å². The van der Waals surface area contributed by atoms with Gasteiger partial charge in [0.1, 0.15) is 18.2 Å². The highest BCUT2D eigenvalue weighted by Gasteiger charge is 2.56. The molecule has 0 spiro atoms. The summed E-state index contributed by atoms with van der Waals surface area (Å²) in [5, 5.41) is 24.3. The number of unbranched alkanes of at least 4 members (excludes halogenated alkanes) is 1. The number of hydrogen-bond donors (Lipinski definition) is 2. The number of carbonyl (C=O) groups excluding carboxylic acids is 5. The van der Waals surface area contributed by atoms with E-state index in [9.17, 15) is 34.2 Å². The van der Waals surface area contributed by atoms with Crippen LogP contribution >= 0.6 is 11.8 Å². The number of nitrogens with zero attached hydrogens (tertiary/aromatic N) is 1. The van der Waals surface area contributed by atoms with Crippen LogP contribution in [0.5, 0.6) is 0 Å². The molecule has 0 aromatic carbocycles. The van der Waals surface area contributed by atoms with Gasteiger partial charge in [0.15, 0.2) is 5.78 Å². The predicted octanol–water partition coefficient (Wildman–Crippen LogP) is 7.11. The number of amides is 1. The first-order chi connectivity index (χ1) is 31.9. The van der Waals surface area contributed by atoms with Crippen molar-refractivity contribution >= 4 is 41.2 Å². The van der Waals surface area contributed by atoms with Gasteiger partial charge in [-0.2, -0.15) is 11.8 Å². The molecule has 4 heterocycles. The molecule has 15 atom stereocenters. The normalized spacial score (nSPS) is 38.1. The number of fused-ring (bicyclic) bond motifs is 3. The van der Waals surface area contributed by atoms with Crippen LogP contribution in [0.1, 0.15) is 131 Å². The van der Waals surface area contributed by atoms with E-state index in [1.807, 2.05) is 31.7 Å². The number of ether oxygens (including phenoxy) is 6. The summed E-state index contributed by atoms with van der Waals surface area (Å²) >= 11 is 1.91. The maximum atomic E-state index is 14.5. The molecule has 378 valence electrons. The molecule has 14 nitrogen and oxygen atoms in total. The van der Waals surface area contributed by atoms with Crippen molar-refractivity contribution in [3.8, 4) is 0 Å². The number of cyclic esters (lactones) is 2. The van der Waals surface area contributed by atoms with Gasteiger partial charge in [0.05, 0.1) is 36.9 Å². The van der Waals surface area contributed by atoms with Crippen LogP contribution in [0.4, 0.5) is 0 Å². The maximum absolute atomic E-state index is 14.5. The number of aliphatic hydroxyl groups excluding tert-OH is 1. The number of methoxy groups -OCH3 is 3. The topological polar surface area (TPSA) is 184 Å². The lowest BCUT2D eigenvalue weighted by atomic mass is 9.81. The summed E-state index contributed by atoms with van der Waals surface area (Å²) in [7, 11) is 4.81. The fourth-order valence-corrected chi connectivity index (χ4v) is 12.6. The van der Waals surface area contributed by atoms with E-state index in [4.69, 9.17) is 28.4 Å². The number of allylic oxidation sites excluding steroid dienone is 4. The summed E-state index contributed by atoms with van der Waals surface area (Å²) in [6, 6.07) is -1.14. The Balaban J connectivity index is 1.42. The van der Waals surface area contributed by atoms with E-state index in [0.29, 0.717) is 55.1 Å². The highest BCUT2D eigenvalue weighted by molar-refractivity contribution is 7.99. The lowest BCUT2D eigenvalue weighted by Gasteiger charge is -2.47. The van der Waals surface area contributed by atoms with Crippen molar-refractivity contribution in [2.75, 3.05) is 40.2 Å². The summed E-state index contributed by atoms with van der Waals surface area (Å²) in [5.74, 6) is -6.23. The standard InChI is InChI=1S/C52H81NO13S/c1-10-15-38-25-31(2)24-32(3)26-43(62-8)47-44(63-9)28-34(5)52(60,66-47)48(56)49(57)53-21-13-11-17-39(53)51(59)65-46(35(6)40(54)30-41(38)55)33(4)27-36-18-19-45(42(29-36)61-7)67-23-14-12-16-37-20-22-64-50(37)58/h10,25,27,31-32,34-37,39-40,42-47,54,60H,1,11-24,26,28-30H2,2-9H3/t31?,32-,34+,35+,36-,37?,39-,40-,42+,43-,44-,45?,46+,47?,52+/m0/s1. The molecule has 2 N–H and O–H groups in total. The van der Waals surface area contributed by atoms with E-state index >= 15 is 0 Å². The summed E-state index contributed by atoms with van der Waals surface area (Å²) in [6.07, 6.45) is 10.5. The molecule has 15 heteroatoms. The molecule has 4 aliphatic heterocycles. The second-order valence-electron chi connectivity index (χ2n) is 20.3. The first kappa shape index (κ1) is 55.0. The number of thioether (sulfide) groups is 1. The predicted molar refractivity (Wildman–Crippen MR) is 256 cm³/mol. The minimum absolute atomic E-state index is 0.00889. The third-order valence-electron chi connectivity index (χ3n) is 15.1. The molecule has 0 aromatic heterocycles. The Morgan fingerprint density at radius 1 is 0.910 bits per heavy atom. The van der Waals surface area contributed by atoms with Gasteiger partial charge >= 0.3 is 11.9 Å². The molecule has 1 saturated carbocycles. The summed E-state index contributed by atoms with van der Waals surface area (Å²) in [4.78, 5) is 70.4. The number of aliphatic hydroxyl groups is 2. The summed E-state index contributed by atoms with van der Waals surface area (Å²) < 4.78 is 35.7. The average Bonchev–Trinajstić information content (AvgIpc) is 3.73. The fourth-order valence-electron chi connectivity index (χ4n) is 11.1. The Morgan fingerprint density at radius 3 is 2.30 bits per heavy atom. The van der Waals surface area contributed by atoms with Crippen LogP contribution in [0, 0.1) is 35.5 Å². The van der Waals surface area contributed by atoms with Crippen molar-refractivity contribution in [2.45, 2.75) is 185 Å². The molecule has 0 radical (unpaired) electrons. The van der Waals surface area contributed by atoms with E-state index < -0.39 is 71.8 Å². The number of piperidine rings is 1. The molecule has 67 heavy (non-hydrogen) atoms. The van der Waals surface area contributed by atoms with Crippen LogP contribution < -0.4 is 0 Å². The number of esters is 2. The Labute approximate surface area is 403 Å². The fraction of sp³-hybridized carbons (Fsp3) is 0.788. The van der Waals surface area contributed by atoms with Gasteiger partial charge in [-0.3, -0.25) is 19.2 Å². The smallest absolute Gasteiger partial charge is 0.329 e. The lowest BCUT2D eigenvalue weighted by Crippen LogP contribution is -2.64. The first-order valence-electron chi connectivity index (χ1n) is 25.0. The van der Waals surface area contributed by atoms with Crippen LogP contribution in [0.15, 0.2) is 36.0 Å². The van der Waals surface area contributed by atoms with Gasteiger partial charge in [-0.25, -0.2) is 4.79 Å². The number of Topliss-reactive ketones (excluding diaryl/α,β-unsaturated/α-hetero) is 2. The lowest BCUT2D eigenvalue weighted by molar-refractivity contribution is -0.302. The van der Waals surface area contributed by atoms with Crippen LogP contribution in [-0.2, 0) is 52.4 Å². The van der Waals surface area contributed by atoms with E-state index in [-0.39, 0.29) is 67.3 Å². The first-order valence-corrected chi connectivity index (χ1v) is 26.0. The van der Waals surface area contributed by atoms with Crippen LogP contribution in [0.2, 0.25) is 0 Å². The molecule has 4 fully saturated rings. The van der Waals surface area contributed by atoms with Crippen molar-refractivity contribution in [2.24, 2.45) is 35.5 Å². The Morgan fingerprint density at radius 2 is 1.63 bits per heavy atom. The third-order valence-corrected chi connectivity index (χ3v) is 16.6. The number of rotatable bonds is 13. The van der Waals surface area contributed by atoms with Crippen molar-refractivity contribution in [1.29, 1.82) is 0 Å². The quantitative estimate of drug-likeness (QED) is 0.0824. The van der Waals surface area contributed by atoms with Gasteiger partial charge in [-0.1, -0.05) is 52.3 Å². The molecule has 3 saturated heterocycles. The molecular weight excluding hydrogens is 879 g/mol. The second kappa shape index (κ2) is 25.8. The monoisotopic (exact) mass is 960 g/mol. The van der Waals surface area contributed by atoms with E-state index in [2.05, 4.69) is 19.6 Å². The molecule has 5 rings (SSSR count). The molecule has 4 unspecified atom stereocenters. The van der Waals surface area contributed by atoms with Gasteiger partial charge in [-0.05, 0) is 125 Å². The molecular formula is C52H81NO13S. The molecule has 2 bridgehead atoms. The van der Waals surface area contributed by atoms with Gasteiger partial charge in [0.25, 0.3) is 11.7 Å². The highest BCUT2D eigenvalue weighted by Crippen LogP contribution is 2.40. The maximum Gasteiger partial charge on any atom is 0.329 e. The van der Waals surface area contributed by atoms with Crippen molar-refractivity contribution < 1.29 is 62.6 Å². The molecule has 1 amide bonds. The van der Waals surface area contributed by atoms with Crippen LogP contribution in [0.3, 0.4) is 0 Å². The molecule has 5 aliphatic rings. The number of hydrogen-bond acceptors (Lipinski definition) is 14. The SMILES string of the molecule is C=CCC1=CC(C)C[C@H](C)C[C@H](OC)C2O[C@@](O)(C(=O)C(=O)N3CCCC[C@H]3C(=O)O[C@H](C(C)=C[C@@H]3CCC(SCCCCC4CCOC4=O)[C@H](OC)C3)[C@H](C)[C@@H](O)CC1=O)[C@H](C)C[C@@H]2OC. The second-order valence-corrected chi connectivity index (χ2v) is 21.6. The Hall–Kier alpha value is -2.92. The zero-order chi connectivity index (χ0) is 49.0. The van der Waals surface area contributed by atoms with E-state index in [1.54, 1.807) is 27.0 Å². The summed E-state index contributed by atoms with van der Waals surface area (Å²) in [6.45, 7) is 13.9. The van der Waals surface area contributed by atoms with E-state index in [0.717, 1.165) is 50.7 Å². The molecule has 0 aromatic rings. The average molecular weight is 960 g/mol. The largest absolute Gasteiger partial charge is 0.465 e. The number of ketones is 2. The van der Waals surface area contributed by atoms with Crippen LogP contribution in [0.25, 0.3) is 0 Å². The third kappa shape index (κ3) is 14.1. The van der Waals surface area contributed by atoms with Gasteiger partial charge in [0.2, 0.25) is 5.79 Å². The zero-order valence-electron chi connectivity index (χ0n) is 41.5. The Kier molecular flexibility index (Phi) is 21.2. The van der Waals surface area contributed by atoms with Crippen molar-refractivity contribution in [1.82, 2.24) is 4.90 Å². The highest BCUT2D eigenvalue weighted by atomic mass is 32.2. The van der Waals surface area contributed by atoms with Crippen molar-refractivity contribution in [3.63, 3.8) is 0 Å². The Bertz CT molecular complexity index is 1770. The minimum Gasteiger partial charge on any atom is -0.465 e. The molecule has 1 aliphatic carbocycles. The van der Waals surface area contributed by atoms with Crippen LogP contribution in [-0.4, -0.2) is 138 Å². The van der Waals surface area contributed by atoms with E-state index in [1.165, 1.54) is 19.1 Å². The van der Waals surface area contributed by atoms with Gasteiger partial charge in [0, 0.05) is 51.4 Å². The number of carbonyl (C=O) groups is 5. The van der Waals surface area contributed by atoms with Gasteiger partial charge in [-0.15, -0.1) is 6.58 Å². The summed E-state index contributed by atoms with van der Waals surface area (Å²) in [5.41, 5.74) is 1.25.